The number of hydrogen-bond donors (Lipinski definition) is 2. The zero-order valence-corrected chi connectivity index (χ0v) is 9.44. The van der Waals surface area contributed by atoms with Crippen LogP contribution in [0, 0.1) is 16.0 Å². The van der Waals surface area contributed by atoms with E-state index in [9.17, 15) is 10.1 Å². The Kier molecular flexibility index (Phi) is 3.35. The monoisotopic (exact) mass is 243 g/mol. The predicted molar refractivity (Wildman–Crippen MR) is 60.6 cm³/mol. The molecule has 2 atom stereocenters. The van der Waals surface area contributed by atoms with Gasteiger partial charge in [0.2, 0.25) is 0 Å². The number of aromatic nitrogens is 1. The van der Waals surface area contributed by atoms with E-state index in [0.717, 1.165) is 30.6 Å². The first-order chi connectivity index (χ1) is 7.70. The molecule has 0 spiro atoms. The molecule has 1 aromatic heterocycles. The lowest BCUT2D eigenvalue weighted by Gasteiger charge is -2.17. The Hall–Kier alpha value is -1.21. The van der Waals surface area contributed by atoms with E-state index in [0.29, 0.717) is 5.13 Å². The highest BCUT2D eigenvalue weighted by Crippen LogP contribution is 2.31. The molecule has 2 unspecified atom stereocenters. The molecule has 0 bridgehead atoms. The van der Waals surface area contributed by atoms with Gasteiger partial charge in [-0.15, -0.1) is 0 Å². The van der Waals surface area contributed by atoms with Crippen LogP contribution in [-0.4, -0.2) is 27.7 Å². The summed E-state index contributed by atoms with van der Waals surface area (Å²) in [4.78, 5) is 14.0. The molecule has 1 aliphatic carbocycles. The van der Waals surface area contributed by atoms with Gasteiger partial charge in [-0.05, 0) is 24.2 Å². The minimum Gasteiger partial charge on any atom is -0.396 e. The van der Waals surface area contributed by atoms with Gasteiger partial charge in [-0.1, -0.05) is 6.42 Å². The van der Waals surface area contributed by atoms with Crippen LogP contribution in [0.15, 0.2) is 6.20 Å². The molecule has 0 radical (unpaired) electrons. The third kappa shape index (κ3) is 2.30. The molecule has 2 rings (SSSR count). The largest absolute Gasteiger partial charge is 0.396 e. The fourth-order valence-electron chi connectivity index (χ4n) is 2.02. The van der Waals surface area contributed by atoms with Gasteiger partial charge in [0.05, 0.1) is 4.92 Å². The van der Waals surface area contributed by atoms with E-state index in [1.807, 2.05) is 0 Å². The first-order valence-corrected chi connectivity index (χ1v) is 6.00. The van der Waals surface area contributed by atoms with Crippen molar-refractivity contribution in [3.05, 3.63) is 16.3 Å². The third-order valence-corrected chi connectivity index (χ3v) is 3.76. The van der Waals surface area contributed by atoms with E-state index in [1.54, 1.807) is 0 Å². The third-order valence-electron chi connectivity index (χ3n) is 2.88. The Morgan fingerprint density at radius 3 is 3.12 bits per heavy atom. The van der Waals surface area contributed by atoms with Crippen molar-refractivity contribution in [2.24, 2.45) is 5.92 Å². The summed E-state index contributed by atoms with van der Waals surface area (Å²) in [6, 6.07) is 0.191. The van der Waals surface area contributed by atoms with Crippen molar-refractivity contribution in [2.75, 3.05) is 11.9 Å². The zero-order chi connectivity index (χ0) is 11.5. The van der Waals surface area contributed by atoms with Crippen molar-refractivity contribution >= 4 is 21.5 Å². The minimum absolute atomic E-state index is 0.0426. The highest BCUT2D eigenvalue weighted by atomic mass is 32.1. The van der Waals surface area contributed by atoms with E-state index >= 15 is 0 Å². The maximum atomic E-state index is 10.5. The SMILES string of the molecule is O=[N+]([O-])c1cnc(NC2CCCC2CO)s1. The van der Waals surface area contributed by atoms with Gasteiger partial charge in [0.15, 0.2) is 5.13 Å². The number of anilines is 1. The molecular weight excluding hydrogens is 230 g/mol. The van der Waals surface area contributed by atoms with E-state index in [4.69, 9.17) is 5.11 Å². The lowest BCUT2D eigenvalue weighted by molar-refractivity contribution is -0.380. The van der Waals surface area contributed by atoms with Gasteiger partial charge in [-0.2, -0.15) is 0 Å². The van der Waals surface area contributed by atoms with E-state index in [1.165, 1.54) is 6.20 Å². The van der Waals surface area contributed by atoms with Gasteiger partial charge in [0.1, 0.15) is 6.20 Å². The highest BCUT2D eigenvalue weighted by molar-refractivity contribution is 7.18. The van der Waals surface area contributed by atoms with Gasteiger partial charge in [0.25, 0.3) is 0 Å². The van der Waals surface area contributed by atoms with Gasteiger partial charge >= 0.3 is 5.00 Å². The molecule has 0 aliphatic heterocycles. The van der Waals surface area contributed by atoms with Crippen LogP contribution in [0.25, 0.3) is 0 Å². The number of thiazole rings is 1. The molecular formula is C9H13N3O3S. The van der Waals surface area contributed by atoms with Crippen molar-refractivity contribution in [3.63, 3.8) is 0 Å². The molecule has 6 nitrogen and oxygen atoms in total. The van der Waals surface area contributed by atoms with Crippen molar-refractivity contribution in [1.82, 2.24) is 4.98 Å². The molecule has 1 fully saturated rings. The van der Waals surface area contributed by atoms with Crippen LogP contribution >= 0.6 is 11.3 Å². The number of aliphatic hydroxyl groups is 1. The maximum Gasteiger partial charge on any atom is 0.345 e. The summed E-state index contributed by atoms with van der Waals surface area (Å²) >= 11 is 1.04. The van der Waals surface area contributed by atoms with Crippen molar-refractivity contribution < 1.29 is 10.0 Å². The molecule has 2 N–H and O–H groups in total. The summed E-state index contributed by atoms with van der Waals surface area (Å²) in [7, 11) is 0. The van der Waals surface area contributed by atoms with E-state index in [-0.39, 0.29) is 23.6 Å². The summed E-state index contributed by atoms with van der Waals surface area (Å²) in [6.45, 7) is 0.158. The van der Waals surface area contributed by atoms with E-state index < -0.39 is 4.92 Å². The van der Waals surface area contributed by atoms with Crippen molar-refractivity contribution in [2.45, 2.75) is 25.3 Å². The average Bonchev–Trinajstić information content (AvgIpc) is 2.87. The Labute approximate surface area is 96.5 Å². The molecule has 0 aromatic carbocycles. The molecule has 16 heavy (non-hydrogen) atoms. The lowest BCUT2D eigenvalue weighted by Crippen LogP contribution is -2.26. The summed E-state index contributed by atoms with van der Waals surface area (Å²) < 4.78 is 0. The number of nitro groups is 1. The Morgan fingerprint density at radius 1 is 1.69 bits per heavy atom. The second-order valence-corrected chi connectivity index (χ2v) is 4.89. The van der Waals surface area contributed by atoms with Gasteiger partial charge < -0.3 is 10.4 Å². The van der Waals surface area contributed by atoms with Crippen LogP contribution in [0.1, 0.15) is 19.3 Å². The second kappa shape index (κ2) is 4.75. The maximum absolute atomic E-state index is 10.5. The van der Waals surface area contributed by atoms with Crippen LogP contribution in [0.2, 0.25) is 0 Å². The topological polar surface area (TPSA) is 88.3 Å². The summed E-state index contributed by atoms with van der Waals surface area (Å²) in [5.74, 6) is 0.239. The standard InChI is InChI=1S/C9H13N3O3S/c13-5-6-2-1-3-7(6)11-9-10-4-8(16-9)12(14)15/h4,6-7,13H,1-3,5H2,(H,10,11). The quantitative estimate of drug-likeness (QED) is 0.619. The fraction of sp³-hybridized carbons (Fsp3) is 0.667. The number of nitrogens with zero attached hydrogens (tertiary/aromatic N) is 2. The number of aliphatic hydroxyl groups excluding tert-OH is 1. The number of rotatable bonds is 4. The van der Waals surface area contributed by atoms with Gasteiger partial charge in [-0.25, -0.2) is 4.98 Å². The number of nitrogens with one attached hydrogen (secondary N) is 1. The zero-order valence-electron chi connectivity index (χ0n) is 8.63. The minimum atomic E-state index is -0.443. The smallest absolute Gasteiger partial charge is 0.345 e. The van der Waals surface area contributed by atoms with Crippen molar-refractivity contribution in [1.29, 1.82) is 0 Å². The molecule has 0 saturated heterocycles. The summed E-state index contributed by atoms with van der Waals surface area (Å²) in [5.41, 5.74) is 0. The van der Waals surface area contributed by atoms with Crippen molar-refractivity contribution in [3.8, 4) is 0 Å². The van der Waals surface area contributed by atoms with Crippen LogP contribution < -0.4 is 5.32 Å². The Balaban J connectivity index is 2.00. The molecule has 0 amide bonds. The van der Waals surface area contributed by atoms with Gasteiger partial charge in [0, 0.05) is 18.6 Å². The summed E-state index contributed by atoms with van der Waals surface area (Å²) in [6.07, 6.45) is 4.33. The number of hydrogen-bond acceptors (Lipinski definition) is 6. The Morgan fingerprint density at radius 2 is 2.50 bits per heavy atom. The molecule has 88 valence electrons. The van der Waals surface area contributed by atoms with Crippen LogP contribution in [0.4, 0.5) is 10.1 Å². The molecule has 7 heteroatoms. The second-order valence-electron chi connectivity index (χ2n) is 3.89. The highest BCUT2D eigenvalue weighted by Gasteiger charge is 2.27. The molecule has 1 aliphatic rings. The first kappa shape index (κ1) is 11.3. The summed E-state index contributed by atoms with van der Waals surface area (Å²) in [5, 5.41) is 23.4. The normalized spacial score (nSPS) is 24.6. The molecule has 1 aromatic rings. The van der Waals surface area contributed by atoms with Crippen LogP contribution in [0.5, 0.6) is 0 Å². The van der Waals surface area contributed by atoms with Crippen LogP contribution in [-0.2, 0) is 0 Å². The lowest BCUT2D eigenvalue weighted by atomic mass is 10.1. The predicted octanol–water partition coefficient (Wildman–Crippen LogP) is 1.62. The van der Waals surface area contributed by atoms with E-state index in [2.05, 4.69) is 10.3 Å². The first-order valence-electron chi connectivity index (χ1n) is 5.18. The Bertz CT molecular complexity index is 382. The fourth-order valence-corrected chi connectivity index (χ4v) is 2.71. The average molecular weight is 243 g/mol. The van der Waals surface area contributed by atoms with Crippen LogP contribution in [0.3, 0.4) is 0 Å². The molecule has 1 heterocycles. The van der Waals surface area contributed by atoms with Gasteiger partial charge in [-0.3, -0.25) is 10.1 Å². The molecule has 1 saturated carbocycles.